The predicted octanol–water partition coefficient (Wildman–Crippen LogP) is 1.61. The van der Waals surface area contributed by atoms with E-state index >= 15 is 0 Å². The van der Waals surface area contributed by atoms with Crippen LogP contribution >= 0.6 is 0 Å². The minimum Gasteiger partial charge on any atom is -0.326 e. The number of rotatable bonds is 6. The number of nitrogens with two attached hydrogens (primary N) is 1. The summed E-state index contributed by atoms with van der Waals surface area (Å²) in [7, 11) is -3.70. The van der Waals surface area contributed by atoms with Crippen molar-refractivity contribution < 1.29 is 21.6 Å². The van der Waals surface area contributed by atoms with Crippen LogP contribution in [0.3, 0.4) is 0 Å². The lowest BCUT2D eigenvalue weighted by atomic mass is 10.2. The van der Waals surface area contributed by atoms with Gasteiger partial charge in [-0.1, -0.05) is 18.2 Å². The van der Waals surface area contributed by atoms with Gasteiger partial charge in [-0.15, -0.1) is 6.58 Å². The zero-order valence-electron chi connectivity index (χ0n) is 13.7. The van der Waals surface area contributed by atoms with Crippen molar-refractivity contribution in [1.29, 1.82) is 0 Å². The van der Waals surface area contributed by atoms with Gasteiger partial charge in [-0.25, -0.2) is 8.42 Å². The first-order chi connectivity index (χ1) is 11.7. The maximum atomic E-state index is 12.8. The molecule has 140 valence electrons. The minimum atomic E-state index is -4.25. The third-order valence-corrected chi connectivity index (χ3v) is 6.23. The number of alkyl halides is 3. The molecule has 1 aliphatic rings. The van der Waals surface area contributed by atoms with Crippen molar-refractivity contribution in [2.75, 3.05) is 32.7 Å². The highest BCUT2D eigenvalue weighted by atomic mass is 32.2. The van der Waals surface area contributed by atoms with Crippen molar-refractivity contribution in [3.8, 4) is 0 Å². The van der Waals surface area contributed by atoms with E-state index in [0.29, 0.717) is 6.54 Å². The Morgan fingerprint density at radius 3 is 2.16 bits per heavy atom. The van der Waals surface area contributed by atoms with E-state index in [-0.39, 0.29) is 31.1 Å². The van der Waals surface area contributed by atoms with Gasteiger partial charge in [0.15, 0.2) is 9.84 Å². The van der Waals surface area contributed by atoms with Crippen molar-refractivity contribution in [2.24, 2.45) is 5.73 Å². The number of halogens is 3. The van der Waals surface area contributed by atoms with E-state index in [4.69, 9.17) is 5.73 Å². The molecule has 0 spiro atoms. The topological polar surface area (TPSA) is 66.6 Å². The molecular weight excluding hydrogens is 355 g/mol. The fraction of sp³-hybridized carbons (Fsp3) is 0.500. The first-order valence-electron chi connectivity index (χ1n) is 7.86. The second-order valence-electron chi connectivity index (χ2n) is 5.95. The number of hydrogen-bond acceptors (Lipinski definition) is 5. The van der Waals surface area contributed by atoms with Gasteiger partial charge in [0.2, 0.25) is 0 Å². The Morgan fingerprint density at radius 1 is 1.16 bits per heavy atom. The second-order valence-corrected chi connectivity index (χ2v) is 7.99. The fourth-order valence-corrected chi connectivity index (χ4v) is 4.51. The number of sulfone groups is 1. The van der Waals surface area contributed by atoms with E-state index in [1.54, 1.807) is 17.0 Å². The van der Waals surface area contributed by atoms with Crippen molar-refractivity contribution in [2.45, 2.75) is 23.0 Å². The molecule has 2 N–H and O–H groups in total. The van der Waals surface area contributed by atoms with E-state index in [1.807, 2.05) is 0 Å². The maximum absolute atomic E-state index is 12.8. The number of benzene rings is 1. The van der Waals surface area contributed by atoms with E-state index in [2.05, 4.69) is 6.58 Å². The van der Waals surface area contributed by atoms with Gasteiger partial charge in [0.25, 0.3) is 0 Å². The minimum absolute atomic E-state index is 0.146. The van der Waals surface area contributed by atoms with Crippen LogP contribution in [0.1, 0.15) is 5.56 Å². The molecule has 2 rings (SSSR count). The Bertz CT molecular complexity index is 682. The van der Waals surface area contributed by atoms with E-state index in [1.165, 1.54) is 23.1 Å². The Labute approximate surface area is 145 Å². The van der Waals surface area contributed by atoms with Gasteiger partial charge in [-0.3, -0.25) is 9.80 Å². The Morgan fingerprint density at radius 2 is 1.72 bits per heavy atom. The second kappa shape index (κ2) is 7.86. The smallest absolute Gasteiger partial charge is 0.326 e. The van der Waals surface area contributed by atoms with Gasteiger partial charge in [0, 0.05) is 32.7 Å². The third-order valence-electron chi connectivity index (χ3n) is 4.18. The highest BCUT2D eigenvalue weighted by Crippen LogP contribution is 2.23. The van der Waals surface area contributed by atoms with Crippen molar-refractivity contribution >= 4 is 9.84 Å². The average Bonchev–Trinajstić information content (AvgIpc) is 2.55. The molecule has 0 aliphatic carbocycles. The van der Waals surface area contributed by atoms with E-state index in [0.717, 1.165) is 5.56 Å². The van der Waals surface area contributed by atoms with Gasteiger partial charge in [0.1, 0.15) is 5.37 Å². The summed E-state index contributed by atoms with van der Waals surface area (Å²) < 4.78 is 63.0. The van der Waals surface area contributed by atoms with Crippen LogP contribution in [0.25, 0.3) is 0 Å². The van der Waals surface area contributed by atoms with Crippen LogP contribution in [0, 0.1) is 0 Å². The van der Waals surface area contributed by atoms with Gasteiger partial charge in [-0.05, 0) is 17.7 Å². The van der Waals surface area contributed by atoms with Gasteiger partial charge < -0.3 is 5.73 Å². The predicted molar refractivity (Wildman–Crippen MR) is 89.6 cm³/mol. The summed E-state index contributed by atoms with van der Waals surface area (Å²) in [6, 6.07) is 6.28. The number of nitrogens with zero attached hydrogens (tertiary/aromatic N) is 2. The molecule has 0 saturated carbocycles. The Hall–Kier alpha value is -1.42. The lowest BCUT2D eigenvalue weighted by molar-refractivity contribution is -0.149. The van der Waals surface area contributed by atoms with Crippen molar-refractivity contribution in [1.82, 2.24) is 9.80 Å². The van der Waals surface area contributed by atoms with Crippen molar-refractivity contribution in [3.63, 3.8) is 0 Å². The number of hydrogen-bond donors (Lipinski definition) is 1. The average molecular weight is 377 g/mol. The zero-order chi connectivity index (χ0) is 18.7. The largest absolute Gasteiger partial charge is 0.401 e. The fourth-order valence-electron chi connectivity index (χ4n) is 2.86. The molecule has 25 heavy (non-hydrogen) atoms. The normalized spacial score (nSPS) is 18.9. The summed E-state index contributed by atoms with van der Waals surface area (Å²) in [6.07, 6.45) is -2.93. The Balaban J connectivity index is 2.10. The quantitative estimate of drug-likeness (QED) is 0.763. The summed E-state index contributed by atoms with van der Waals surface area (Å²) in [4.78, 5) is 3.07. The number of piperazine rings is 1. The van der Waals surface area contributed by atoms with Crippen LogP contribution in [-0.2, 0) is 16.4 Å². The molecule has 0 bridgehead atoms. The van der Waals surface area contributed by atoms with Crippen LogP contribution in [0.4, 0.5) is 13.2 Å². The lowest BCUT2D eigenvalue weighted by Gasteiger charge is -2.38. The van der Waals surface area contributed by atoms with E-state index in [9.17, 15) is 21.6 Å². The molecule has 1 aromatic rings. The Kier molecular flexibility index (Phi) is 6.26. The lowest BCUT2D eigenvalue weighted by Crippen LogP contribution is -2.53. The van der Waals surface area contributed by atoms with Crippen LogP contribution in [0.2, 0.25) is 0 Å². The van der Waals surface area contributed by atoms with Crippen LogP contribution < -0.4 is 5.73 Å². The first-order valence-corrected chi connectivity index (χ1v) is 9.40. The van der Waals surface area contributed by atoms with Gasteiger partial charge in [-0.2, -0.15) is 13.2 Å². The third kappa shape index (κ3) is 5.04. The molecule has 1 fully saturated rings. The van der Waals surface area contributed by atoms with Crippen LogP contribution in [-0.4, -0.2) is 62.5 Å². The summed E-state index contributed by atoms with van der Waals surface area (Å²) in [5.41, 5.74) is 6.32. The standard InChI is InChI=1S/C16H22F3N3O2S/c1-2-15(22-9-7-21(8-10-22)12-16(17,18)19)25(23,24)14-5-3-13(11-20)4-6-14/h2-6,15H,1,7-12,20H2. The molecule has 1 atom stereocenters. The highest BCUT2D eigenvalue weighted by Gasteiger charge is 2.36. The van der Waals surface area contributed by atoms with Crippen LogP contribution in [0.15, 0.2) is 41.8 Å². The maximum Gasteiger partial charge on any atom is 0.401 e. The molecule has 5 nitrogen and oxygen atoms in total. The molecule has 1 aromatic carbocycles. The molecule has 1 saturated heterocycles. The molecule has 9 heteroatoms. The molecule has 0 radical (unpaired) electrons. The highest BCUT2D eigenvalue weighted by molar-refractivity contribution is 7.92. The summed E-state index contributed by atoms with van der Waals surface area (Å²) in [6.45, 7) is 3.71. The molecule has 1 heterocycles. The molecule has 0 amide bonds. The molecular formula is C16H22F3N3O2S. The monoisotopic (exact) mass is 377 g/mol. The zero-order valence-corrected chi connectivity index (χ0v) is 14.6. The van der Waals surface area contributed by atoms with Gasteiger partial charge in [0.05, 0.1) is 11.4 Å². The SMILES string of the molecule is C=CC(N1CCN(CC(F)(F)F)CC1)S(=O)(=O)c1ccc(CN)cc1. The molecule has 1 unspecified atom stereocenters. The summed E-state index contributed by atoms with van der Waals surface area (Å²) in [5.74, 6) is 0. The first kappa shape index (κ1) is 19.9. The van der Waals surface area contributed by atoms with E-state index < -0.39 is 27.9 Å². The van der Waals surface area contributed by atoms with Crippen LogP contribution in [0.5, 0.6) is 0 Å². The van der Waals surface area contributed by atoms with Crippen molar-refractivity contribution in [3.05, 3.63) is 42.5 Å². The molecule has 0 aromatic heterocycles. The molecule has 1 aliphatic heterocycles. The van der Waals surface area contributed by atoms with Gasteiger partial charge >= 0.3 is 6.18 Å². The summed E-state index contributed by atoms with van der Waals surface area (Å²) in [5, 5.41) is -0.968. The summed E-state index contributed by atoms with van der Waals surface area (Å²) >= 11 is 0.